The molecule has 3 heteroatoms. The molecule has 2 aliphatic heterocycles. The predicted molar refractivity (Wildman–Crippen MR) is 51.4 cm³/mol. The van der Waals surface area contributed by atoms with Crippen LogP contribution in [0.5, 0.6) is 0 Å². The molecule has 1 spiro atoms. The third-order valence-electron chi connectivity index (χ3n) is 3.45. The first-order chi connectivity index (χ1) is 6.27. The summed E-state index contributed by atoms with van der Waals surface area (Å²) < 4.78 is 0. The van der Waals surface area contributed by atoms with E-state index in [0.717, 1.165) is 32.2 Å². The minimum Gasteiger partial charge on any atom is -0.349 e. The van der Waals surface area contributed by atoms with E-state index in [9.17, 15) is 4.79 Å². The van der Waals surface area contributed by atoms with Gasteiger partial charge in [-0.2, -0.15) is 0 Å². The molecule has 0 bridgehead atoms. The molecule has 2 aliphatic rings. The molecule has 1 amide bonds. The molecule has 2 N–H and O–H groups in total. The zero-order chi connectivity index (χ0) is 9.31. The smallest absolute Gasteiger partial charge is 0.220 e. The van der Waals surface area contributed by atoms with Gasteiger partial charge in [-0.15, -0.1) is 0 Å². The molecule has 0 aromatic carbocycles. The minimum absolute atomic E-state index is 0.101. The lowest BCUT2D eigenvalue weighted by Crippen LogP contribution is -2.60. The van der Waals surface area contributed by atoms with E-state index >= 15 is 0 Å². The van der Waals surface area contributed by atoms with E-state index in [1.54, 1.807) is 0 Å². The first-order valence-corrected chi connectivity index (χ1v) is 5.31. The Morgan fingerprint density at radius 2 is 2.38 bits per heavy atom. The number of carbonyl (C=O) groups is 1. The summed E-state index contributed by atoms with van der Waals surface area (Å²) in [4.78, 5) is 11.2. The van der Waals surface area contributed by atoms with E-state index in [1.165, 1.54) is 6.42 Å². The Balaban J connectivity index is 2.13. The van der Waals surface area contributed by atoms with Gasteiger partial charge < -0.3 is 10.6 Å². The van der Waals surface area contributed by atoms with Crippen LogP contribution in [-0.2, 0) is 4.79 Å². The van der Waals surface area contributed by atoms with Crippen LogP contribution in [0.3, 0.4) is 0 Å². The molecule has 74 valence electrons. The van der Waals surface area contributed by atoms with Crippen LogP contribution >= 0.6 is 0 Å². The van der Waals surface area contributed by atoms with E-state index in [0.29, 0.717) is 6.04 Å². The van der Waals surface area contributed by atoms with E-state index < -0.39 is 0 Å². The molecule has 0 saturated carbocycles. The second-order valence-corrected chi connectivity index (χ2v) is 4.22. The summed E-state index contributed by atoms with van der Waals surface area (Å²) in [5.41, 5.74) is 0.101. The summed E-state index contributed by atoms with van der Waals surface area (Å²) in [5, 5.41) is 6.68. The monoisotopic (exact) mass is 182 g/mol. The molecule has 2 fully saturated rings. The summed E-state index contributed by atoms with van der Waals surface area (Å²) in [7, 11) is 0. The average Bonchev–Trinajstić information content (AvgIpc) is 2.49. The zero-order valence-electron chi connectivity index (χ0n) is 8.23. The second-order valence-electron chi connectivity index (χ2n) is 4.22. The van der Waals surface area contributed by atoms with Crippen LogP contribution in [0.15, 0.2) is 0 Å². The first kappa shape index (κ1) is 9.00. The maximum absolute atomic E-state index is 11.2. The molecule has 2 rings (SSSR count). The van der Waals surface area contributed by atoms with Gasteiger partial charge in [0.05, 0.1) is 5.54 Å². The van der Waals surface area contributed by atoms with Gasteiger partial charge in [0.2, 0.25) is 5.91 Å². The Morgan fingerprint density at radius 3 is 3.00 bits per heavy atom. The number of hydrogen-bond donors (Lipinski definition) is 2. The van der Waals surface area contributed by atoms with Gasteiger partial charge in [-0.05, 0) is 32.2 Å². The van der Waals surface area contributed by atoms with Crippen molar-refractivity contribution in [1.29, 1.82) is 0 Å². The number of amides is 1. The van der Waals surface area contributed by atoms with Gasteiger partial charge in [0.25, 0.3) is 0 Å². The average molecular weight is 182 g/mol. The van der Waals surface area contributed by atoms with Crippen LogP contribution < -0.4 is 10.6 Å². The molecule has 0 aliphatic carbocycles. The number of piperidine rings is 1. The van der Waals surface area contributed by atoms with Crippen LogP contribution in [0.2, 0.25) is 0 Å². The fraction of sp³-hybridized carbons (Fsp3) is 0.900. The number of carbonyl (C=O) groups excluding carboxylic acids is 1. The Bertz CT molecular complexity index is 217. The van der Waals surface area contributed by atoms with Crippen molar-refractivity contribution in [2.24, 2.45) is 0 Å². The molecule has 3 nitrogen and oxygen atoms in total. The molecule has 2 atom stereocenters. The molecule has 0 aromatic heterocycles. The highest BCUT2D eigenvalue weighted by molar-refractivity contribution is 5.79. The van der Waals surface area contributed by atoms with Crippen LogP contribution in [0.4, 0.5) is 0 Å². The summed E-state index contributed by atoms with van der Waals surface area (Å²) >= 11 is 0. The highest BCUT2D eigenvalue weighted by atomic mass is 16.2. The van der Waals surface area contributed by atoms with Crippen molar-refractivity contribution in [1.82, 2.24) is 10.6 Å². The molecule has 2 heterocycles. The lowest BCUT2D eigenvalue weighted by atomic mass is 9.80. The topological polar surface area (TPSA) is 41.1 Å². The SMILES string of the molecule is CC[C@@H]1NCCC[C@]12CCC(=O)N2. The number of rotatable bonds is 1. The quantitative estimate of drug-likeness (QED) is 0.629. The lowest BCUT2D eigenvalue weighted by Gasteiger charge is -2.41. The largest absolute Gasteiger partial charge is 0.349 e. The maximum Gasteiger partial charge on any atom is 0.220 e. The van der Waals surface area contributed by atoms with Gasteiger partial charge >= 0.3 is 0 Å². The highest BCUT2D eigenvalue weighted by Crippen LogP contribution is 2.32. The highest BCUT2D eigenvalue weighted by Gasteiger charge is 2.44. The van der Waals surface area contributed by atoms with Gasteiger partial charge in [0.1, 0.15) is 0 Å². The molecule has 2 saturated heterocycles. The Kier molecular flexibility index (Phi) is 2.28. The standard InChI is InChI=1S/C10H18N2O/c1-2-8-10(5-3-7-11-8)6-4-9(13)12-10/h8,11H,2-7H2,1H3,(H,12,13)/t8-,10-/m0/s1. The van der Waals surface area contributed by atoms with Gasteiger partial charge in [0.15, 0.2) is 0 Å². The summed E-state index contributed by atoms with van der Waals surface area (Å²) in [5.74, 6) is 0.238. The van der Waals surface area contributed by atoms with E-state index in [1.807, 2.05) is 0 Å². The Morgan fingerprint density at radius 1 is 1.54 bits per heavy atom. The van der Waals surface area contributed by atoms with Gasteiger partial charge in [-0.3, -0.25) is 4.79 Å². The summed E-state index contributed by atoms with van der Waals surface area (Å²) in [6.07, 6.45) is 5.21. The van der Waals surface area contributed by atoms with Crippen LogP contribution in [0, 0.1) is 0 Å². The van der Waals surface area contributed by atoms with Gasteiger partial charge in [-0.25, -0.2) is 0 Å². The molecular formula is C10H18N2O. The maximum atomic E-state index is 11.2. The minimum atomic E-state index is 0.101. The third kappa shape index (κ3) is 1.46. The molecule has 0 unspecified atom stereocenters. The normalized spacial score (nSPS) is 39.5. The second kappa shape index (κ2) is 3.29. The van der Waals surface area contributed by atoms with Crippen molar-refractivity contribution >= 4 is 5.91 Å². The molecule has 0 radical (unpaired) electrons. The number of hydrogen-bond acceptors (Lipinski definition) is 2. The van der Waals surface area contributed by atoms with Crippen molar-refractivity contribution in [3.8, 4) is 0 Å². The fourth-order valence-electron chi connectivity index (χ4n) is 2.77. The van der Waals surface area contributed by atoms with Crippen molar-refractivity contribution in [3.63, 3.8) is 0 Å². The van der Waals surface area contributed by atoms with Crippen molar-refractivity contribution in [2.45, 2.75) is 50.6 Å². The van der Waals surface area contributed by atoms with Crippen molar-refractivity contribution < 1.29 is 4.79 Å². The van der Waals surface area contributed by atoms with Gasteiger partial charge in [-0.1, -0.05) is 6.92 Å². The molecular weight excluding hydrogens is 164 g/mol. The third-order valence-corrected chi connectivity index (χ3v) is 3.45. The van der Waals surface area contributed by atoms with Gasteiger partial charge in [0, 0.05) is 12.5 Å². The lowest BCUT2D eigenvalue weighted by molar-refractivity contribution is -0.120. The van der Waals surface area contributed by atoms with Crippen LogP contribution in [0.1, 0.15) is 39.0 Å². The van der Waals surface area contributed by atoms with E-state index in [2.05, 4.69) is 17.6 Å². The predicted octanol–water partition coefficient (Wildman–Crippen LogP) is 0.797. The Labute approximate surface area is 79.3 Å². The van der Waals surface area contributed by atoms with Crippen LogP contribution in [0.25, 0.3) is 0 Å². The molecule has 13 heavy (non-hydrogen) atoms. The van der Waals surface area contributed by atoms with Crippen molar-refractivity contribution in [2.75, 3.05) is 6.54 Å². The van der Waals surface area contributed by atoms with Crippen molar-refractivity contribution in [3.05, 3.63) is 0 Å². The Hall–Kier alpha value is -0.570. The van der Waals surface area contributed by atoms with Crippen LogP contribution in [-0.4, -0.2) is 24.0 Å². The zero-order valence-corrected chi connectivity index (χ0v) is 8.23. The molecule has 0 aromatic rings. The summed E-state index contributed by atoms with van der Waals surface area (Å²) in [6.45, 7) is 3.30. The summed E-state index contributed by atoms with van der Waals surface area (Å²) in [6, 6.07) is 0.493. The van der Waals surface area contributed by atoms with E-state index in [-0.39, 0.29) is 11.4 Å². The fourth-order valence-corrected chi connectivity index (χ4v) is 2.77. The van der Waals surface area contributed by atoms with E-state index in [4.69, 9.17) is 0 Å². The number of nitrogens with one attached hydrogen (secondary N) is 2. The first-order valence-electron chi connectivity index (χ1n) is 5.31.